The highest BCUT2D eigenvalue weighted by molar-refractivity contribution is 5.61. The Balaban J connectivity index is 1.53. The molecular weight excluding hydrogens is 394 g/mol. The molecule has 1 heterocycles. The topological polar surface area (TPSA) is 35.0 Å². The fourth-order valence-corrected chi connectivity index (χ4v) is 4.34. The van der Waals surface area contributed by atoms with Crippen LogP contribution in [0.1, 0.15) is 83.7 Å². The Morgan fingerprint density at radius 2 is 1.68 bits per heavy atom. The van der Waals surface area contributed by atoms with Gasteiger partial charge in [0.25, 0.3) is 0 Å². The molecule has 0 saturated heterocycles. The molecule has 0 bridgehead atoms. The molecule has 0 atom stereocenters. The number of nitrogens with zero attached hydrogens (tertiary/aromatic N) is 2. The van der Waals surface area contributed by atoms with E-state index in [0.29, 0.717) is 12.3 Å². The lowest BCUT2D eigenvalue weighted by Gasteiger charge is -2.25. The van der Waals surface area contributed by atoms with E-state index < -0.39 is 11.6 Å². The van der Waals surface area contributed by atoms with E-state index >= 15 is 0 Å². The Morgan fingerprint density at radius 1 is 0.903 bits per heavy atom. The molecule has 1 saturated carbocycles. The lowest BCUT2D eigenvalue weighted by Crippen LogP contribution is -2.13. The summed E-state index contributed by atoms with van der Waals surface area (Å²) in [7, 11) is 0. The standard InChI is InChI=1S/C26H36F2N2O/c1-3-4-5-6-7-18-31-24-17-15-22(25(27)26(24)28)23-16-14-21(29-30-23)13-12-20-10-8-19(2)9-11-20/h14-17,19-20H,3-13,18H2,1-2H3. The Bertz CT molecular complexity index is 802. The Hall–Kier alpha value is -2.04. The van der Waals surface area contributed by atoms with Crippen molar-refractivity contribution in [2.45, 2.75) is 84.5 Å². The molecule has 0 amide bonds. The van der Waals surface area contributed by atoms with Gasteiger partial charge in [0.2, 0.25) is 5.82 Å². The number of ether oxygens (including phenoxy) is 1. The van der Waals surface area contributed by atoms with E-state index in [1.165, 1.54) is 50.7 Å². The summed E-state index contributed by atoms with van der Waals surface area (Å²) >= 11 is 0. The molecule has 0 aliphatic heterocycles. The van der Waals surface area contributed by atoms with Gasteiger partial charge in [-0.15, -0.1) is 0 Å². The minimum absolute atomic E-state index is 0.0388. The summed E-state index contributed by atoms with van der Waals surface area (Å²) in [4.78, 5) is 0. The zero-order chi connectivity index (χ0) is 22.1. The summed E-state index contributed by atoms with van der Waals surface area (Å²) in [6.07, 6.45) is 12.6. The zero-order valence-electron chi connectivity index (χ0n) is 19.0. The van der Waals surface area contributed by atoms with Crippen molar-refractivity contribution in [2.24, 2.45) is 11.8 Å². The zero-order valence-corrected chi connectivity index (χ0v) is 19.0. The van der Waals surface area contributed by atoms with E-state index in [1.54, 1.807) is 6.07 Å². The molecule has 1 aromatic carbocycles. The van der Waals surface area contributed by atoms with Gasteiger partial charge >= 0.3 is 0 Å². The van der Waals surface area contributed by atoms with Crippen LogP contribution in [0.3, 0.4) is 0 Å². The number of rotatable bonds is 11. The van der Waals surface area contributed by atoms with Crippen LogP contribution in [0, 0.1) is 23.5 Å². The first-order chi connectivity index (χ1) is 15.1. The van der Waals surface area contributed by atoms with E-state index in [9.17, 15) is 8.78 Å². The second kappa shape index (κ2) is 12.1. The number of unbranched alkanes of at least 4 members (excludes halogenated alkanes) is 4. The maximum atomic E-state index is 14.6. The maximum Gasteiger partial charge on any atom is 0.201 e. The Kier molecular flexibility index (Phi) is 9.23. The van der Waals surface area contributed by atoms with Gasteiger partial charge in [0.15, 0.2) is 11.6 Å². The first kappa shape index (κ1) is 23.6. The number of hydrogen-bond acceptors (Lipinski definition) is 3. The molecule has 5 heteroatoms. The predicted molar refractivity (Wildman–Crippen MR) is 121 cm³/mol. The molecule has 31 heavy (non-hydrogen) atoms. The van der Waals surface area contributed by atoms with Gasteiger partial charge in [-0.3, -0.25) is 0 Å². The molecule has 170 valence electrons. The smallest absolute Gasteiger partial charge is 0.201 e. The third kappa shape index (κ3) is 6.98. The van der Waals surface area contributed by atoms with Crippen molar-refractivity contribution in [3.05, 3.63) is 41.6 Å². The summed E-state index contributed by atoms with van der Waals surface area (Å²) in [5, 5.41) is 8.43. The van der Waals surface area contributed by atoms with Gasteiger partial charge in [0.05, 0.1) is 18.0 Å². The summed E-state index contributed by atoms with van der Waals surface area (Å²) in [6, 6.07) is 6.63. The molecule has 0 spiro atoms. The van der Waals surface area contributed by atoms with Crippen LogP contribution in [-0.4, -0.2) is 16.8 Å². The fraction of sp³-hybridized carbons (Fsp3) is 0.615. The summed E-state index contributed by atoms with van der Waals surface area (Å²) < 4.78 is 34.5. The third-order valence-corrected chi connectivity index (χ3v) is 6.49. The quantitative estimate of drug-likeness (QED) is 0.346. The van der Waals surface area contributed by atoms with Crippen molar-refractivity contribution in [2.75, 3.05) is 6.61 Å². The van der Waals surface area contributed by atoms with E-state index in [-0.39, 0.29) is 11.3 Å². The molecule has 1 aliphatic carbocycles. The molecular formula is C26H36F2N2O. The number of aromatic nitrogens is 2. The van der Waals surface area contributed by atoms with Crippen molar-refractivity contribution in [1.29, 1.82) is 0 Å². The Morgan fingerprint density at radius 3 is 2.39 bits per heavy atom. The van der Waals surface area contributed by atoms with Gasteiger partial charge in [0.1, 0.15) is 0 Å². The van der Waals surface area contributed by atoms with Crippen molar-refractivity contribution in [1.82, 2.24) is 10.2 Å². The molecule has 2 aromatic rings. The van der Waals surface area contributed by atoms with E-state index in [2.05, 4.69) is 24.0 Å². The second-order valence-electron chi connectivity index (χ2n) is 9.08. The van der Waals surface area contributed by atoms with Gasteiger partial charge in [0, 0.05) is 5.56 Å². The molecule has 0 radical (unpaired) electrons. The normalized spacial score (nSPS) is 18.8. The number of aryl methyl sites for hydroxylation is 1. The highest BCUT2D eigenvalue weighted by atomic mass is 19.2. The van der Waals surface area contributed by atoms with Crippen molar-refractivity contribution in [3.63, 3.8) is 0 Å². The summed E-state index contributed by atoms with van der Waals surface area (Å²) in [6.45, 7) is 4.88. The van der Waals surface area contributed by atoms with E-state index in [1.807, 2.05) is 6.07 Å². The average molecular weight is 431 g/mol. The van der Waals surface area contributed by atoms with Crippen molar-refractivity contribution < 1.29 is 13.5 Å². The fourth-order valence-electron chi connectivity index (χ4n) is 4.34. The summed E-state index contributed by atoms with van der Waals surface area (Å²) in [5.41, 5.74) is 1.37. The van der Waals surface area contributed by atoms with Gasteiger partial charge in [-0.25, -0.2) is 4.39 Å². The molecule has 1 aliphatic rings. The minimum Gasteiger partial charge on any atom is -0.490 e. The van der Waals surface area contributed by atoms with Crippen LogP contribution in [0.15, 0.2) is 24.3 Å². The van der Waals surface area contributed by atoms with Gasteiger partial charge < -0.3 is 4.74 Å². The Labute approximate surface area is 185 Å². The monoisotopic (exact) mass is 430 g/mol. The van der Waals surface area contributed by atoms with Crippen LogP contribution in [0.2, 0.25) is 0 Å². The predicted octanol–water partition coefficient (Wildman–Crippen LogP) is 7.53. The van der Waals surface area contributed by atoms with Gasteiger partial charge in [-0.1, -0.05) is 65.2 Å². The molecule has 3 nitrogen and oxygen atoms in total. The lowest BCUT2D eigenvalue weighted by atomic mass is 9.81. The van der Waals surface area contributed by atoms with Crippen molar-refractivity contribution in [3.8, 4) is 17.0 Å². The van der Waals surface area contributed by atoms with Crippen LogP contribution in [0.4, 0.5) is 8.78 Å². The average Bonchev–Trinajstić information content (AvgIpc) is 2.79. The molecule has 0 N–H and O–H groups in total. The van der Waals surface area contributed by atoms with Gasteiger partial charge in [-0.2, -0.15) is 14.6 Å². The van der Waals surface area contributed by atoms with Crippen molar-refractivity contribution >= 4 is 0 Å². The first-order valence-electron chi connectivity index (χ1n) is 12.0. The van der Waals surface area contributed by atoms with Crippen LogP contribution < -0.4 is 4.74 Å². The molecule has 1 aromatic heterocycles. The second-order valence-corrected chi connectivity index (χ2v) is 9.08. The number of benzene rings is 1. The number of halogens is 2. The maximum absolute atomic E-state index is 14.6. The highest BCUT2D eigenvalue weighted by Gasteiger charge is 2.19. The van der Waals surface area contributed by atoms with E-state index in [4.69, 9.17) is 4.74 Å². The third-order valence-electron chi connectivity index (χ3n) is 6.49. The number of hydrogen-bond donors (Lipinski definition) is 0. The molecule has 0 unspecified atom stereocenters. The first-order valence-corrected chi connectivity index (χ1v) is 12.0. The van der Waals surface area contributed by atoms with Gasteiger partial charge in [-0.05, 0) is 55.4 Å². The molecule has 3 rings (SSSR count). The minimum atomic E-state index is -0.955. The van der Waals surface area contributed by atoms with Crippen LogP contribution in [0.5, 0.6) is 5.75 Å². The highest BCUT2D eigenvalue weighted by Crippen LogP contribution is 2.32. The van der Waals surface area contributed by atoms with Crippen LogP contribution >= 0.6 is 0 Å². The van der Waals surface area contributed by atoms with Crippen LogP contribution in [0.25, 0.3) is 11.3 Å². The lowest BCUT2D eigenvalue weighted by molar-refractivity contribution is 0.277. The molecule has 1 fully saturated rings. The summed E-state index contributed by atoms with van der Waals surface area (Å²) in [5.74, 6) is -0.301. The SMILES string of the molecule is CCCCCCCOc1ccc(-c2ccc(CCC3CCC(C)CC3)nn2)c(F)c1F. The largest absolute Gasteiger partial charge is 0.490 e. The van der Waals surface area contributed by atoms with Crippen LogP contribution in [-0.2, 0) is 6.42 Å². The van der Waals surface area contributed by atoms with E-state index in [0.717, 1.165) is 49.6 Å².